The smallest absolute Gasteiger partial charge is 0.186 e. The Hall–Kier alpha value is -3.53. The summed E-state index contributed by atoms with van der Waals surface area (Å²) in [6.07, 6.45) is 3.79. The van der Waals surface area contributed by atoms with Gasteiger partial charge in [-0.15, -0.1) is 0 Å². The minimum absolute atomic E-state index is 0.0746. The summed E-state index contributed by atoms with van der Waals surface area (Å²) >= 11 is 0. The van der Waals surface area contributed by atoms with E-state index in [-0.39, 0.29) is 5.43 Å². The van der Waals surface area contributed by atoms with Crippen LogP contribution in [0.25, 0.3) is 44.5 Å². The lowest BCUT2D eigenvalue weighted by molar-refractivity contribution is 0.580. The van der Waals surface area contributed by atoms with Gasteiger partial charge in [0.15, 0.2) is 5.43 Å². The first-order chi connectivity index (χ1) is 12.3. The number of rotatable bonds is 2. The van der Waals surface area contributed by atoms with Gasteiger partial charge in [0.05, 0.1) is 0 Å². The topological polar surface area (TPSA) is 61.8 Å². The number of benzene rings is 2. The molecule has 0 aliphatic rings. The van der Waals surface area contributed by atoms with Crippen LogP contribution in [0, 0.1) is 0 Å². The lowest BCUT2D eigenvalue weighted by Crippen LogP contribution is -1.98. The molecule has 4 nitrogen and oxygen atoms in total. The van der Waals surface area contributed by atoms with Crippen molar-refractivity contribution in [3.63, 3.8) is 0 Å². The molecule has 0 atom stereocenters. The summed E-state index contributed by atoms with van der Waals surface area (Å²) in [4.78, 5) is 18.6. The number of hydrogen-bond acceptors (Lipinski definition) is 2. The van der Waals surface area contributed by atoms with Crippen molar-refractivity contribution in [1.82, 2.24) is 9.97 Å². The van der Waals surface area contributed by atoms with E-state index in [2.05, 4.69) is 9.97 Å². The molecule has 4 heteroatoms. The van der Waals surface area contributed by atoms with Crippen LogP contribution in [0.15, 0.2) is 82.3 Å². The first-order valence-corrected chi connectivity index (χ1v) is 8.06. The Bertz CT molecular complexity index is 1180. The molecule has 5 rings (SSSR count). The second-order valence-electron chi connectivity index (χ2n) is 6.08. The van der Waals surface area contributed by atoms with Crippen LogP contribution in [0.3, 0.4) is 0 Å². The maximum atomic E-state index is 12.2. The monoisotopic (exact) mass is 326 g/mol. The molecule has 0 fully saturated rings. The third-order valence-electron chi connectivity index (χ3n) is 4.45. The lowest BCUT2D eigenvalue weighted by Gasteiger charge is -2.06. The van der Waals surface area contributed by atoms with E-state index >= 15 is 0 Å². The van der Waals surface area contributed by atoms with Crippen LogP contribution in [0.5, 0.6) is 0 Å². The molecule has 0 aliphatic carbocycles. The zero-order valence-corrected chi connectivity index (χ0v) is 13.2. The summed E-state index contributed by atoms with van der Waals surface area (Å²) in [7, 11) is 0. The van der Waals surface area contributed by atoms with Crippen molar-refractivity contribution in [2.75, 3.05) is 0 Å². The average Bonchev–Trinajstić information content (AvgIpc) is 3.28. The number of H-pyrrole nitrogens is 2. The molecule has 120 valence electrons. The van der Waals surface area contributed by atoms with Crippen LogP contribution in [0.1, 0.15) is 0 Å². The molecule has 0 spiro atoms. The van der Waals surface area contributed by atoms with Gasteiger partial charge in [0.2, 0.25) is 0 Å². The van der Waals surface area contributed by atoms with E-state index < -0.39 is 0 Å². The molecule has 0 unspecified atom stereocenters. The minimum atomic E-state index is -0.0746. The first-order valence-electron chi connectivity index (χ1n) is 8.06. The first kappa shape index (κ1) is 13.9. The van der Waals surface area contributed by atoms with Gasteiger partial charge in [0.25, 0.3) is 0 Å². The predicted molar refractivity (Wildman–Crippen MR) is 99.6 cm³/mol. The molecular formula is C21H14N2O2. The van der Waals surface area contributed by atoms with Crippen molar-refractivity contribution in [2.45, 2.75) is 0 Å². The fraction of sp³-hybridized carbons (Fsp3) is 0. The maximum Gasteiger partial charge on any atom is 0.186 e. The molecule has 0 radical (unpaired) electrons. The van der Waals surface area contributed by atoms with Gasteiger partial charge in [0.1, 0.15) is 11.5 Å². The third-order valence-corrected chi connectivity index (χ3v) is 4.45. The maximum absolute atomic E-state index is 12.2. The predicted octanol–water partition coefficient (Wildman–Crippen LogP) is 4.94. The molecule has 0 amide bonds. The summed E-state index contributed by atoms with van der Waals surface area (Å²) in [6.45, 7) is 0. The second kappa shape index (κ2) is 5.24. The van der Waals surface area contributed by atoms with E-state index in [0.717, 1.165) is 32.9 Å². The molecule has 0 bridgehead atoms. The number of fused-ring (bicyclic) bond motifs is 2. The zero-order valence-electron chi connectivity index (χ0n) is 13.2. The highest BCUT2D eigenvalue weighted by Gasteiger charge is 2.09. The van der Waals surface area contributed by atoms with Crippen molar-refractivity contribution < 1.29 is 4.42 Å². The van der Waals surface area contributed by atoms with E-state index in [1.807, 2.05) is 60.9 Å². The molecule has 2 N–H and O–H groups in total. The van der Waals surface area contributed by atoms with Gasteiger partial charge in [-0.3, -0.25) is 4.79 Å². The largest absolute Gasteiger partial charge is 0.456 e. The summed E-state index contributed by atoms with van der Waals surface area (Å²) < 4.78 is 6.05. The summed E-state index contributed by atoms with van der Waals surface area (Å²) in [5, 5.41) is 2.25. The van der Waals surface area contributed by atoms with Crippen LogP contribution in [0.2, 0.25) is 0 Å². The lowest BCUT2D eigenvalue weighted by atomic mass is 10.1. The average molecular weight is 326 g/mol. The van der Waals surface area contributed by atoms with Crippen molar-refractivity contribution in [2.24, 2.45) is 0 Å². The van der Waals surface area contributed by atoms with E-state index in [1.165, 1.54) is 12.1 Å². The van der Waals surface area contributed by atoms with E-state index in [4.69, 9.17) is 4.42 Å². The van der Waals surface area contributed by atoms with Gasteiger partial charge in [-0.2, -0.15) is 0 Å². The van der Waals surface area contributed by atoms with E-state index in [0.29, 0.717) is 11.5 Å². The number of nitrogens with one attached hydrogen (secondary N) is 2. The number of hydrogen-bond donors (Lipinski definition) is 2. The normalized spacial score (nSPS) is 11.4. The molecule has 2 aromatic carbocycles. The fourth-order valence-corrected chi connectivity index (χ4v) is 3.16. The highest BCUT2D eigenvalue weighted by molar-refractivity contribution is 5.85. The highest BCUT2D eigenvalue weighted by atomic mass is 16.3. The summed E-state index contributed by atoms with van der Waals surface area (Å²) in [5.74, 6) is 1.12. The molecule has 3 heterocycles. The molecule has 5 aromatic rings. The molecule has 0 saturated carbocycles. The Morgan fingerprint density at radius 3 is 1.68 bits per heavy atom. The number of aromatic amines is 2. The van der Waals surface area contributed by atoms with Crippen molar-refractivity contribution in [3.05, 3.63) is 83.3 Å². The summed E-state index contributed by atoms with van der Waals surface area (Å²) in [5.41, 5.74) is 3.69. The quantitative estimate of drug-likeness (QED) is 0.483. The van der Waals surface area contributed by atoms with Crippen molar-refractivity contribution in [1.29, 1.82) is 0 Å². The van der Waals surface area contributed by atoms with Crippen LogP contribution in [-0.4, -0.2) is 9.97 Å². The third kappa shape index (κ3) is 2.35. The fourth-order valence-electron chi connectivity index (χ4n) is 3.16. The van der Waals surface area contributed by atoms with Crippen molar-refractivity contribution >= 4 is 21.8 Å². The highest BCUT2D eigenvalue weighted by Crippen LogP contribution is 2.28. The Balaban J connectivity index is 1.67. The summed E-state index contributed by atoms with van der Waals surface area (Å²) in [6, 6.07) is 19.0. The Labute approximate surface area is 142 Å². The number of aromatic nitrogens is 2. The van der Waals surface area contributed by atoms with Crippen LogP contribution in [0.4, 0.5) is 0 Å². The molecule has 3 aromatic heterocycles. The Kier molecular flexibility index (Phi) is 2.91. The minimum Gasteiger partial charge on any atom is -0.456 e. The van der Waals surface area contributed by atoms with Gasteiger partial charge in [-0.25, -0.2) is 0 Å². The van der Waals surface area contributed by atoms with Crippen LogP contribution in [-0.2, 0) is 0 Å². The molecule has 25 heavy (non-hydrogen) atoms. The SMILES string of the molecule is O=c1cc(-c2ccc3cc[nH]c3c2)oc(-c2ccc3cc[nH]c3c2)c1. The Morgan fingerprint density at radius 2 is 1.16 bits per heavy atom. The van der Waals surface area contributed by atoms with Crippen LogP contribution >= 0.6 is 0 Å². The van der Waals surface area contributed by atoms with Gasteiger partial charge in [0, 0.05) is 46.7 Å². The zero-order chi connectivity index (χ0) is 16.8. The standard InChI is InChI=1S/C21H14N2O2/c24-17-11-20(15-3-1-13-5-7-22-18(13)9-15)25-21(12-17)16-4-2-14-6-8-23-19(14)10-16/h1-12,22-23H. The Morgan fingerprint density at radius 1 is 0.640 bits per heavy atom. The van der Waals surface area contributed by atoms with E-state index in [9.17, 15) is 4.79 Å². The second-order valence-corrected chi connectivity index (χ2v) is 6.08. The molecule has 0 aliphatic heterocycles. The van der Waals surface area contributed by atoms with Gasteiger partial charge in [-0.05, 0) is 35.0 Å². The molecule has 0 saturated heterocycles. The molecular weight excluding hydrogens is 312 g/mol. The van der Waals surface area contributed by atoms with E-state index in [1.54, 1.807) is 0 Å². The van der Waals surface area contributed by atoms with Gasteiger partial charge < -0.3 is 14.4 Å². The van der Waals surface area contributed by atoms with Gasteiger partial charge >= 0.3 is 0 Å². The van der Waals surface area contributed by atoms with Crippen LogP contribution < -0.4 is 5.43 Å². The van der Waals surface area contributed by atoms with Crippen molar-refractivity contribution in [3.8, 4) is 22.6 Å². The van der Waals surface area contributed by atoms with Gasteiger partial charge in [-0.1, -0.05) is 24.3 Å².